The highest BCUT2D eigenvalue weighted by Gasteiger charge is 2.38. The van der Waals surface area contributed by atoms with Crippen LogP contribution >= 0.6 is 0 Å². The molecule has 1 aromatic rings. The number of ether oxygens (including phenoxy) is 2. The monoisotopic (exact) mass is 327 g/mol. The summed E-state index contributed by atoms with van der Waals surface area (Å²) in [6, 6.07) is 9.33. The smallest absolute Gasteiger partial charge is 0.423 e. The number of rotatable bonds is 7. The lowest BCUT2D eigenvalue weighted by atomic mass is 10.2. The molecule has 1 aromatic carbocycles. The standard InChI is InChI=1S/C15H21NO5S/c1-2-3-9-20-15(17)16-14(12-21-22(16)18)11-19-10-13-7-5-4-6-8-13/h4-8,14H,2-3,9-12H2,1H3/t14-,22?/m1/s1. The molecule has 2 rings (SSSR count). The third kappa shape index (κ3) is 4.79. The van der Waals surface area contributed by atoms with E-state index in [4.69, 9.17) is 13.7 Å². The van der Waals surface area contributed by atoms with Crippen LogP contribution in [0.15, 0.2) is 30.3 Å². The van der Waals surface area contributed by atoms with Crippen molar-refractivity contribution in [2.45, 2.75) is 32.4 Å². The minimum absolute atomic E-state index is 0.185. The van der Waals surface area contributed by atoms with Gasteiger partial charge in [-0.25, -0.2) is 9.00 Å². The summed E-state index contributed by atoms with van der Waals surface area (Å²) in [5.41, 5.74) is 1.04. The SMILES string of the molecule is CCCCOC(=O)N1[C@H](COCc2ccccc2)COS1=O. The molecule has 6 nitrogen and oxygen atoms in total. The maximum absolute atomic E-state index is 11.9. The van der Waals surface area contributed by atoms with E-state index in [1.165, 1.54) is 0 Å². The van der Waals surface area contributed by atoms with Crippen LogP contribution < -0.4 is 0 Å². The van der Waals surface area contributed by atoms with Gasteiger partial charge in [0.2, 0.25) is 0 Å². The first-order chi connectivity index (χ1) is 10.7. The third-order valence-electron chi connectivity index (χ3n) is 3.18. The second-order valence-electron chi connectivity index (χ2n) is 4.95. The van der Waals surface area contributed by atoms with Crippen LogP contribution in [0.25, 0.3) is 0 Å². The van der Waals surface area contributed by atoms with Crippen molar-refractivity contribution in [3.8, 4) is 0 Å². The van der Waals surface area contributed by atoms with Crippen LogP contribution in [-0.2, 0) is 31.5 Å². The van der Waals surface area contributed by atoms with Gasteiger partial charge in [-0.1, -0.05) is 43.7 Å². The minimum Gasteiger partial charge on any atom is -0.449 e. The Morgan fingerprint density at radius 3 is 2.91 bits per heavy atom. The van der Waals surface area contributed by atoms with E-state index in [2.05, 4.69) is 0 Å². The highest BCUT2D eigenvalue weighted by molar-refractivity contribution is 7.78. The Morgan fingerprint density at radius 2 is 2.18 bits per heavy atom. The van der Waals surface area contributed by atoms with Crippen molar-refractivity contribution in [2.24, 2.45) is 0 Å². The molecule has 1 unspecified atom stereocenters. The summed E-state index contributed by atoms with van der Waals surface area (Å²) in [7, 11) is 0. The molecule has 0 bridgehead atoms. The second kappa shape index (κ2) is 8.87. The van der Waals surface area contributed by atoms with E-state index in [0.717, 1.165) is 22.7 Å². The van der Waals surface area contributed by atoms with Crippen molar-refractivity contribution in [3.63, 3.8) is 0 Å². The summed E-state index contributed by atoms with van der Waals surface area (Å²) in [5, 5.41) is 0. The van der Waals surface area contributed by atoms with Gasteiger partial charge in [0.15, 0.2) is 0 Å². The molecule has 1 fully saturated rings. The van der Waals surface area contributed by atoms with Gasteiger partial charge in [-0.3, -0.25) is 4.18 Å². The molecule has 0 spiro atoms. The summed E-state index contributed by atoms with van der Waals surface area (Å²) in [5.74, 6) is 0. The van der Waals surface area contributed by atoms with E-state index in [-0.39, 0.29) is 13.2 Å². The summed E-state index contributed by atoms with van der Waals surface area (Å²) < 4.78 is 28.6. The Balaban J connectivity index is 1.81. The van der Waals surface area contributed by atoms with Crippen LogP contribution in [-0.4, -0.2) is 40.5 Å². The van der Waals surface area contributed by atoms with Gasteiger partial charge in [-0.2, -0.15) is 4.31 Å². The van der Waals surface area contributed by atoms with E-state index >= 15 is 0 Å². The summed E-state index contributed by atoms with van der Waals surface area (Å²) in [6.07, 6.45) is 1.09. The van der Waals surface area contributed by atoms with E-state index in [0.29, 0.717) is 13.2 Å². The number of benzene rings is 1. The van der Waals surface area contributed by atoms with Crippen LogP contribution in [0.1, 0.15) is 25.3 Å². The molecule has 1 saturated heterocycles. The van der Waals surface area contributed by atoms with Gasteiger partial charge in [-0.05, 0) is 12.0 Å². The Morgan fingerprint density at radius 1 is 1.41 bits per heavy atom. The quantitative estimate of drug-likeness (QED) is 0.720. The average molecular weight is 327 g/mol. The van der Waals surface area contributed by atoms with Crippen molar-refractivity contribution >= 4 is 17.4 Å². The molecule has 22 heavy (non-hydrogen) atoms. The van der Waals surface area contributed by atoms with Crippen molar-refractivity contribution in [1.29, 1.82) is 0 Å². The molecule has 1 amide bonds. The van der Waals surface area contributed by atoms with Crippen LogP contribution in [0, 0.1) is 0 Å². The second-order valence-corrected chi connectivity index (χ2v) is 6.01. The predicted octanol–water partition coefficient (Wildman–Crippen LogP) is 2.42. The molecule has 0 radical (unpaired) electrons. The van der Waals surface area contributed by atoms with E-state index in [1.807, 2.05) is 37.3 Å². The molecule has 122 valence electrons. The molecule has 1 aliphatic heterocycles. The first-order valence-corrected chi connectivity index (χ1v) is 8.38. The van der Waals surface area contributed by atoms with Crippen LogP contribution in [0.5, 0.6) is 0 Å². The minimum atomic E-state index is -1.80. The van der Waals surface area contributed by atoms with Gasteiger partial charge in [0.1, 0.15) is 0 Å². The fraction of sp³-hybridized carbons (Fsp3) is 0.533. The highest BCUT2D eigenvalue weighted by Crippen LogP contribution is 2.17. The fourth-order valence-corrected chi connectivity index (χ4v) is 2.89. The molecule has 7 heteroatoms. The van der Waals surface area contributed by atoms with E-state index < -0.39 is 23.4 Å². The van der Waals surface area contributed by atoms with Crippen LogP contribution in [0.3, 0.4) is 0 Å². The topological polar surface area (TPSA) is 65.1 Å². The number of amides is 1. The Kier molecular flexibility index (Phi) is 6.82. The zero-order chi connectivity index (χ0) is 15.8. The van der Waals surface area contributed by atoms with Crippen molar-refractivity contribution in [1.82, 2.24) is 4.31 Å². The molecular weight excluding hydrogens is 306 g/mol. The van der Waals surface area contributed by atoms with Gasteiger partial charge in [0, 0.05) is 0 Å². The number of hydrogen-bond acceptors (Lipinski definition) is 5. The van der Waals surface area contributed by atoms with Crippen molar-refractivity contribution in [2.75, 3.05) is 19.8 Å². The van der Waals surface area contributed by atoms with E-state index in [9.17, 15) is 9.00 Å². The van der Waals surface area contributed by atoms with Crippen LogP contribution in [0.2, 0.25) is 0 Å². The third-order valence-corrected chi connectivity index (χ3v) is 4.28. The predicted molar refractivity (Wildman–Crippen MR) is 82.1 cm³/mol. The number of hydrogen-bond donors (Lipinski definition) is 0. The Hall–Kier alpha value is -1.44. The van der Waals surface area contributed by atoms with Gasteiger partial charge in [0.05, 0.1) is 32.5 Å². The van der Waals surface area contributed by atoms with E-state index in [1.54, 1.807) is 0 Å². The first-order valence-electron chi connectivity index (χ1n) is 7.35. The zero-order valence-corrected chi connectivity index (χ0v) is 13.4. The van der Waals surface area contributed by atoms with Gasteiger partial charge >= 0.3 is 6.09 Å². The van der Waals surface area contributed by atoms with Gasteiger partial charge < -0.3 is 9.47 Å². The lowest BCUT2D eigenvalue weighted by Gasteiger charge is -2.19. The summed E-state index contributed by atoms with van der Waals surface area (Å²) in [4.78, 5) is 11.9. The molecule has 0 aliphatic carbocycles. The molecule has 0 saturated carbocycles. The molecular formula is C15H21NO5S. The van der Waals surface area contributed by atoms with Gasteiger partial charge in [0.25, 0.3) is 11.3 Å². The molecule has 0 aromatic heterocycles. The number of carbonyl (C=O) groups excluding carboxylic acids is 1. The first kappa shape index (κ1) is 16.9. The maximum atomic E-state index is 11.9. The number of carbonyl (C=O) groups is 1. The fourth-order valence-electron chi connectivity index (χ4n) is 1.96. The molecule has 1 aliphatic rings. The van der Waals surface area contributed by atoms with Crippen molar-refractivity contribution in [3.05, 3.63) is 35.9 Å². The van der Waals surface area contributed by atoms with Gasteiger partial charge in [-0.15, -0.1) is 0 Å². The zero-order valence-electron chi connectivity index (χ0n) is 12.6. The Labute approximate surface area is 133 Å². The lowest BCUT2D eigenvalue weighted by Crippen LogP contribution is -2.40. The number of nitrogens with zero attached hydrogens (tertiary/aromatic N) is 1. The average Bonchev–Trinajstić information content (AvgIpc) is 2.89. The summed E-state index contributed by atoms with van der Waals surface area (Å²) >= 11 is -1.80. The number of unbranched alkanes of at least 4 members (excludes halogenated alkanes) is 1. The lowest BCUT2D eigenvalue weighted by molar-refractivity contribution is 0.0662. The Bertz CT molecular complexity index is 496. The summed E-state index contributed by atoms with van der Waals surface area (Å²) in [6.45, 7) is 3.20. The molecule has 2 atom stereocenters. The largest absolute Gasteiger partial charge is 0.449 e. The highest BCUT2D eigenvalue weighted by atomic mass is 32.2. The molecule has 1 heterocycles. The van der Waals surface area contributed by atoms with Crippen LogP contribution in [0.4, 0.5) is 4.79 Å². The molecule has 0 N–H and O–H groups in total. The normalized spacial score (nSPS) is 21.0. The van der Waals surface area contributed by atoms with Crippen molar-refractivity contribution < 1.29 is 22.7 Å². The maximum Gasteiger partial charge on any atom is 0.423 e.